The van der Waals surface area contributed by atoms with E-state index in [0.717, 1.165) is 0 Å². The largest absolute Gasteiger partial charge is 0.391 e. The van der Waals surface area contributed by atoms with Crippen molar-refractivity contribution < 1.29 is 37.5 Å². The van der Waals surface area contributed by atoms with E-state index >= 15 is 0 Å². The van der Waals surface area contributed by atoms with Crippen molar-refractivity contribution >= 4 is 33.2 Å². The maximum atomic E-state index is 11.9. The van der Waals surface area contributed by atoms with Crippen LogP contribution in [0.5, 0.6) is 0 Å². The van der Waals surface area contributed by atoms with Gasteiger partial charge in [-0.15, -0.1) is 0 Å². The van der Waals surface area contributed by atoms with E-state index in [1.807, 2.05) is 0 Å². The van der Waals surface area contributed by atoms with Crippen molar-refractivity contribution in [3.8, 4) is 0 Å². The van der Waals surface area contributed by atoms with Crippen molar-refractivity contribution in [3.05, 3.63) is 12.7 Å². The summed E-state index contributed by atoms with van der Waals surface area (Å²) in [7, 11) is -4.62. The van der Waals surface area contributed by atoms with Crippen molar-refractivity contribution in [2.75, 3.05) is 12.3 Å². The number of aliphatic hydroxyl groups excluding tert-OH is 3. The summed E-state index contributed by atoms with van der Waals surface area (Å²) in [4.78, 5) is 23.5. The van der Waals surface area contributed by atoms with E-state index in [1.165, 1.54) is 28.9 Å². The Morgan fingerprint density at radius 2 is 2.07 bits per heavy atom. The highest BCUT2D eigenvalue weighted by Gasteiger charge is 2.45. The Hall–Kier alpha value is -2.47. The SMILES string of the molecule is C[C@@H](O)[C@H](N)C(=O)NS(=O)(=O)OC[C@H]1O[C@@H](n2cnc3c(N)ncnc32)[C@H](O)[C@@H]1O. The summed E-state index contributed by atoms with van der Waals surface area (Å²) in [5, 5.41) is 29.8. The van der Waals surface area contributed by atoms with Gasteiger partial charge in [-0.1, -0.05) is 0 Å². The van der Waals surface area contributed by atoms with Crippen molar-refractivity contribution in [1.82, 2.24) is 24.2 Å². The van der Waals surface area contributed by atoms with Crippen LogP contribution in [0.3, 0.4) is 0 Å². The lowest BCUT2D eigenvalue weighted by atomic mass is 10.1. The molecule has 0 saturated carbocycles. The fourth-order valence-electron chi connectivity index (χ4n) is 2.75. The van der Waals surface area contributed by atoms with Gasteiger partial charge in [0.2, 0.25) is 0 Å². The van der Waals surface area contributed by atoms with Crippen LogP contribution in [0.2, 0.25) is 0 Å². The summed E-state index contributed by atoms with van der Waals surface area (Å²) in [6, 6.07) is -1.49. The number of rotatable bonds is 7. The molecule has 0 aromatic carbocycles. The quantitative estimate of drug-likeness (QED) is 0.238. The van der Waals surface area contributed by atoms with Crippen LogP contribution in [0.25, 0.3) is 11.2 Å². The molecule has 3 rings (SSSR count). The number of nitrogens with two attached hydrogens (primary N) is 2. The number of anilines is 1. The highest BCUT2D eigenvalue weighted by Crippen LogP contribution is 2.32. The number of hydrogen-bond acceptors (Lipinski definition) is 13. The number of nitrogen functional groups attached to an aromatic ring is 1. The van der Waals surface area contributed by atoms with E-state index in [2.05, 4.69) is 19.1 Å². The van der Waals surface area contributed by atoms with Gasteiger partial charge in [0.05, 0.1) is 19.0 Å². The van der Waals surface area contributed by atoms with Crippen LogP contribution in [-0.2, 0) is 24.0 Å². The van der Waals surface area contributed by atoms with Crippen LogP contribution in [-0.4, -0.2) is 86.2 Å². The van der Waals surface area contributed by atoms with Crippen LogP contribution >= 0.6 is 0 Å². The molecule has 0 unspecified atom stereocenters. The third-order valence-electron chi connectivity index (χ3n) is 4.43. The fraction of sp³-hybridized carbons (Fsp3) is 0.571. The molecular weight excluding hydrogens is 426 g/mol. The van der Waals surface area contributed by atoms with E-state index in [1.54, 1.807) is 0 Å². The summed E-state index contributed by atoms with van der Waals surface area (Å²) in [6.07, 6.45) is -4.30. The number of aliphatic hydroxyl groups is 3. The number of ether oxygens (including phenoxy) is 1. The molecule has 16 heteroatoms. The fourth-order valence-corrected chi connectivity index (χ4v) is 3.50. The second-order valence-electron chi connectivity index (χ2n) is 6.60. The van der Waals surface area contributed by atoms with Gasteiger partial charge in [0.25, 0.3) is 5.91 Å². The predicted octanol–water partition coefficient (Wildman–Crippen LogP) is -3.89. The molecule has 2 aromatic heterocycles. The number of aromatic nitrogens is 4. The van der Waals surface area contributed by atoms with E-state index in [-0.39, 0.29) is 17.0 Å². The van der Waals surface area contributed by atoms with E-state index in [4.69, 9.17) is 16.2 Å². The minimum atomic E-state index is -4.62. The topological polar surface area (TPSA) is 238 Å². The Morgan fingerprint density at radius 3 is 2.73 bits per heavy atom. The summed E-state index contributed by atoms with van der Waals surface area (Å²) in [5.74, 6) is -1.08. The first-order chi connectivity index (χ1) is 14.0. The number of amides is 1. The van der Waals surface area contributed by atoms with Gasteiger partial charge in [-0.2, -0.15) is 8.42 Å². The van der Waals surface area contributed by atoms with Gasteiger partial charge in [-0.25, -0.2) is 19.7 Å². The smallest absolute Gasteiger partial charge is 0.362 e. The zero-order valence-corrected chi connectivity index (χ0v) is 16.4. The highest BCUT2D eigenvalue weighted by atomic mass is 32.2. The van der Waals surface area contributed by atoms with Crippen molar-refractivity contribution in [3.63, 3.8) is 0 Å². The van der Waals surface area contributed by atoms with Gasteiger partial charge in [-0.3, -0.25) is 13.5 Å². The predicted molar refractivity (Wildman–Crippen MR) is 98.3 cm³/mol. The zero-order chi connectivity index (χ0) is 22.2. The maximum Gasteiger partial charge on any atom is 0.362 e. The van der Waals surface area contributed by atoms with Gasteiger partial charge >= 0.3 is 10.3 Å². The Kier molecular flexibility index (Phi) is 6.18. The molecule has 1 aliphatic heterocycles. The molecule has 15 nitrogen and oxygen atoms in total. The van der Waals surface area contributed by atoms with Crippen LogP contribution in [0, 0.1) is 0 Å². The second kappa shape index (κ2) is 8.34. The lowest BCUT2D eigenvalue weighted by molar-refractivity contribution is -0.122. The summed E-state index contributed by atoms with van der Waals surface area (Å²) < 4.78 is 36.8. The third-order valence-corrected chi connectivity index (χ3v) is 5.33. The molecule has 1 amide bonds. The third kappa shape index (κ3) is 4.33. The number of imidazole rings is 1. The van der Waals surface area contributed by atoms with E-state index < -0.39 is 59.5 Å². The molecule has 30 heavy (non-hydrogen) atoms. The molecular formula is C14H21N7O8S. The molecule has 0 bridgehead atoms. The van der Waals surface area contributed by atoms with E-state index in [0.29, 0.717) is 0 Å². The van der Waals surface area contributed by atoms with Crippen molar-refractivity contribution in [2.45, 2.75) is 43.6 Å². The number of nitrogens with zero attached hydrogens (tertiary/aromatic N) is 4. The molecule has 3 heterocycles. The Bertz CT molecular complexity index is 1030. The molecule has 1 aliphatic rings. The summed E-state index contributed by atoms with van der Waals surface area (Å²) >= 11 is 0. The standard InChI is InChI=1S/C14H21N7O8S/c1-5(22)7(15)13(25)20-30(26,27)28-2-6-9(23)10(24)14(29-6)21-4-19-8-11(16)17-3-18-12(8)21/h3-7,9-10,14,22-24H,2,15H2,1H3,(H,20,25)(H2,16,17,18)/t5-,6-,7+,9-,10-,14-/m1/s1. The second-order valence-corrected chi connectivity index (χ2v) is 7.95. The Morgan fingerprint density at radius 1 is 1.37 bits per heavy atom. The molecule has 1 saturated heterocycles. The van der Waals surface area contributed by atoms with Gasteiger partial charge in [-0.05, 0) is 6.92 Å². The van der Waals surface area contributed by atoms with Crippen molar-refractivity contribution in [2.24, 2.45) is 5.73 Å². The van der Waals surface area contributed by atoms with Crippen LogP contribution in [0.4, 0.5) is 5.82 Å². The average molecular weight is 447 g/mol. The molecule has 0 aliphatic carbocycles. The molecule has 0 spiro atoms. The Balaban J connectivity index is 1.68. The Labute approximate surface area is 169 Å². The molecule has 166 valence electrons. The number of carbonyl (C=O) groups is 1. The number of nitrogens with one attached hydrogen (secondary N) is 1. The first kappa shape index (κ1) is 22.2. The van der Waals surface area contributed by atoms with Crippen LogP contribution < -0.4 is 16.2 Å². The molecule has 2 aromatic rings. The monoisotopic (exact) mass is 447 g/mol. The summed E-state index contributed by atoms with van der Waals surface area (Å²) in [5.41, 5.74) is 11.5. The molecule has 8 N–H and O–H groups in total. The highest BCUT2D eigenvalue weighted by molar-refractivity contribution is 7.85. The molecule has 1 fully saturated rings. The van der Waals surface area contributed by atoms with Gasteiger partial charge in [0.1, 0.15) is 36.2 Å². The first-order valence-electron chi connectivity index (χ1n) is 8.61. The maximum absolute atomic E-state index is 11.9. The number of fused-ring (bicyclic) bond motifs is 1. The van der Waals surface area contributed by atoms with Crippen molar-refractivity contribution in [1.29, 1.82) is 0 Å². The lowest BCUT2D eigenvalue weighted by Gasteiger charge is -2.17. The first-order valence-corrected chi connectivity index (χ1v) is 10.0. The van der Waals surface area contributed by atoms with E-state index in [9.17, 15) is 28.5 Å². The minimum Gasteiger partial charge on any atom is -0.391 e. The number of hydrogen-bond donors (Lipinski definition) is 6. The van der Waals surface area contributed by atoms with Gasteiger partial charge in [0, 0.05) is 0 Å². The molecule has 6 atom stereocenters. The normalized spacial score (nSPS) is 26.6. The van der Waals surface area contributed by atoms with Gasteiger partial charge in [0.15, 0.2) is 17.7 Å². The number of carbonyl (C=O) groups excluding carboxylic acids is 1. The lowest BCUT2D eigenvalue weighted by Crippen LogP contribution is -2.49. The molecule has 0 radical (unpaired) electrons. The minimum absolute atomic E-state index is 0.101. The average Bonchev–Trinajstić information content (AvgIpc) is 3.22. The zero-order valence-electron chi connectivity index (χ0n) is 15.6. The van der Waals surface area contributed by atoms with Gasteiger partial charge < -0.3 is 31.5 Å². The summed E-state index contributed by atoms with van der Waals surface area (Å²) in [6.45, 7) is 0.478. The van der Waals surface area contributed by atoms with Crippen LogP contribution in [0.1, 0.15) is 13.2 Å². The van der Waals surface area contributed by atoms with Crippen LogP contribution in [0.15, 0.2) is 12.7 Å².